The molecule has 1 saturated heterocycles. The summed E-state index contributed by atoms with van der Waals surface area (Å²) in [5.41, 5.74) is 0. The highest BCUT2D eigenvalue weighted by atomic mass is 32.2. The summed E-state index contributed by atoms with van der Waals surface area (Å²) in [6.45, 7) is 0.900. The van der Waals surface area contributed by atoms with Crippen molar-refractivity contribution in [3.63, 3.8) is 0 Å². The number of hydrogen-bond acceptors (Lipinski definition) is 5. The monoisotopic (exact) mass is 300 g/mol. The van der Waals surface area contributed by atoms with E-state index in [1.165, 1.54) is 11.8 Å². The molecule has 0 aromatic carbocycles. The van der Waals surface area contributed by atoms with Crippen LogP contribution in [0.5, 0.6) is 0 Å². The van der Waals surface area contributed by atoms with Gasteiger partial charge in [-0.1, -0.05) is 30.0 Å². The van der Waals surface area contributed by atoms with E-state index < -0.39 is 0 Å². The number of thiocarbonyl (C=S) groups is 1. The van der Waals surface area contributed by atoms with Crippen molar-refractivity contribution in [2.24, 2.45) is 0 Å². The Morgan fingerprint density at radius 3 is 3.00 bits per heavy atom. The molecule has 1 aliphatic heterocycles. The fraction of sp³-hybridized carbons (Fsp3) is 0.364. The lowest BCUT2D eigenvalue weighted by Gasteiger charge is -2.14. The van der Waals surface area contributed by atoms with Gasteiger partial charge in [-0.05, 0) is 11.4 Å². The molecule has 1 N–H and O–H groups in total. The van der Waals surface area contributed by atoms with Gasteiger partial charge in [0.25, 0.3) is 0 Å². The van der Waals surface area contributed by atoms with E-state index in [4.69, 9.17) is 12.2 Å². The molecule has 0 atom stereocenters. The van der Waals surface area contributed by atoms with Crippen molar-refractivity contribution in [2.75, 3.05) is 18.8 Å². The fourth-order valence-electron chi connectivity index (χ4n) is 1.54. The maximum absolute atomic E-state index is 11.6. The van der Waals surface area contributed by atoms with Crippen LogP contribution in [0.1, 0.15) is 4.88 Å². The molecule has 2 heterocycles. The SMILES string of the molecule is O=C(Cc1cccs1)NCCN1C(=O)CSC1=S. The van der Waals surface area contributed by atoms with E-state index in [9.17, 15) is 9.59 Å². The minimum absolute atomic E-state index is 0.0253. The van der Waals surface area contributed by atoms with Crippen LogP contribution in [0.4, 0.5) is 0 Å². The summed E-state index contributed by atoms with van der Waals surface area (Å²) in [7, 11) is 0. The Labute approximate surface area is 119 Å². The van der Waals surface area contributed by atoms with Crippen molar-refractivity contribution in [2.45, 2.75) is 6.42 Å². The summed E-state index contributed by atoms with van der Waals surface area (Å²) < 4.78 is 0.604. The molecule has 2 amide bonds. The van der Waals surface area contributed by atoms with Gasteiger partial charge in [0.2, 0.25) is 11.8 Å². The number of rotatable bonds is 5. The first kappa shape index (κ1) is 13.5. The minimum Gasteiger partial charge on any atom is -0.354 e. The van der Waals surface area contributed by atoms with Gasteiger partial charge in [0.15, 0.2) is 0 Å². The van der Waals surface area contributed by atoms with Gasteiger partial charge in [-0.25, -0.2) is 0 Å². The average Bonchev–Trinajstić information content (AvgIpc) is 2.93. The van der Waals surface area contributed by atoms with Gasteiger partial charge in [-0.2, -0.15) is 0 Å². The maximum Gasteiger partial charge on any atom is 0.238 e. The van der Waals surface area contributed by atoms with E-state index >= 15 is 0 Å². The van der Waals surface area contributed by atoms with E-state index in [2.05, 4.69) is 5.32 Å². The lowest BCUT2D eigenvalue weighted by Crippen LogP contribution is -2.37. The van der Waals surface area contributed by atoms with Gasteiger partial charge in [0.1, 0.15) is 4.32 Å². The Hall–Kier alpha value is -0.920. The molecule has 0 spiro atoms. The molecule has 2 rings (SSSR count). The van der Waals surface area contributed by atoms with Gasteiger partial charge in [0, 0.05) is 18.0 Å². The van der Waals surface area contributed by atoms with Gasteiger partial charge in [0.05, 0.1) is 12.2 Å². The Kier molecular flexibility index (Phi) is 4.73. The third kappa shape index (κ3) is 3.54. The van der Waals surface area contributed by atoms with Gasteiger partial charge in [-0.15, -0.1) is 11.3 Å². The fourth-order valence-corrected chi connectivity index (χ4v) is 3.36. The first-order valence-corrected chi connectivity index (χ1v) is 7.70. The largest absolute Gasteiger partial charge is 0.354 e. The number of thiophene rings is 1. The predicted octanol–water partition coefficient (Wildman–Crippen LogP) is 1.27. The highest BCUT2D eigenvalue weighted by Crippen LogP contribution is 2.18. The summed E-state index contributed by atoms with van der Waals surface area (Å²) in [6.07, 6.45) is 0.394. The van der Waals surface area contributed by atoms with E-state index in [0.717, 1.165) is 4.88 Å². The van der Waals surface area contributed by atoms with Gasteiger partial charge in [-0.3, -0.25) is 14.5 Å². The topological polar surface area (TPSA) is 49.4 Å². The molecular formula is C11H12N2O2S3. The Bertz CT molecular complexity index is 443. The third-order valence-corrected chi connectivity index (χ3v) is 4.72. The molecule has 0 bridgehead atoms. The van der Waals surface area contributed by atoms with Crippen molar-refractivity contribution < 1.29 is 9.59 Å². The highest BCUT2D eigenvalue weighted by Gasteiger charge is 2.25. The molecule has 0 radical (unpaired) electrons. The molecule has 1 fully saturated rings. The van der Waals surface area contributed by atoms with Crippen LogP contribution >= 0.6 is 35.3 Å². The molecule has 0 aliphatic carbocycles. The number of carbonyl (C=O) groups excluding carboxylic acids is 2. The molecule has 96 valence electrons. The zero-order valence-corrected chi connectivity index (χ0v) is 12.0. The summed E-state index contributed by atoms with van der Waals surface area (Å²) >= 11 is 7.98. The second kappa shape index (κ2) is 6.31. The van der Waals surface area contributed by atoms with Gasteiger partial charge >= 0.3 is 0 Å². The highest BCUT2D eigenvalue weighted by molar-refractivity contribution is 8.23. The first-order chi connectivity index (χ1) is 8.66. The van der Waals surface area contributed by atoms with Crippen molar-refractivity contribution in [3.05, 3.63) is 22.4 Å². The summed E-state index contributed by atoms with van der Waals surface area (Å²) in [5.74, 6) is 0.419. The molecule has 1 aromatic rings. The molecular weight excluding hydrogens is 288 g/mol. The Balaban J connectivity index is 1.70. The van der Waals surface area contributed by atoms with Crippen LogP contribution < -0.4 is 5.32 Å². The molecule has 0 saturated carbocycles. The number of thioether (sulfide) groups is 1. The quantitative estimate of drug-likeness (QED) is 0.832. The number of carbonyl (C=O) groups is 2. The summed E-state index contributed by atoms with van der Waals surface area (Å²) in [5, 5.41) is 4.74. The van der Waals surface area contributed by atoms with E-state index in [1.807, 2.05) is 17.5 Å². The Morgan fingerprint density at radius 2 is 2.39 bits per heavy atom. The van der Waals surface area contributed by atoms with Crippen LogP contribution in [0.25, 0.3) is 0 Å². The number of nitrogens with zero attached hydrogens (tertiary/aromatic N) is 1. The average molecular weight is 300 g/mol. The van der Waals surface area contributed by atoms with Crippen molar-refractivity contribution in [1.82, 2.24) is 10.2 Å². The lowest BCUT2D eigenvalue weighted by atomic mass is 10.3. The second-order valence-electron chi connectivity index (χ2n) is 3.71. The minimum atomic E-state index is -0.0253. The van der Waals surface area contributed by atoms with Crippen LogP contribution in [-0.4, -0.2) is 39.9 Å². The van der Waals surface area contributed by atoms with E-state index in [1.54, 1.807) is 16.2 Å². The summed E-state index contributed by atoms with van der Waals surface area (Å²) in [4.78, 5) is 25.6. The first-order valence-electron chi connectivity index (χ1n) is 5.43. The van der Waals surface area contributed by atoms with E-state index in [-0.39, 0.29) is 11.8 Å². The van der Waals surface area contributed by atoms with Gasteiger partial charge < -0.3 is 5.32 Å². The van der Waals surface area contributed by atoms with Crippen LogP contribution in [-0.2, 0) is 16.0 Å². The standard InChI is InChI=1S/C11H12N2O2S3/c14-9(6-8-2-1-5-17-8)12-3-4-13-10(15)7-18-11(13)16/h1-2,5H,3-4,6-7H2,(H,12,14). The Morgan fingerprint density at radius 1 is 1.56 bits per heavy atom. The second-order valence-corrected chi connectivity index (χ2v) is 6.35. The van der Waals surface area contributed by atoms with Crippen LogP contribution in [0.3, 0.4) is 0 Å². The predicted molar refractivity (Wildman–Crippen MR) is 77.8 cm³/mol. The van der Waals surface area contributed by atoms with E-state index in [0.29, 0.717) is 29.6 Å². The normalized spacial score (nSPS) is 15.2. The number of nitrogens with one attached hydrogen (secondary N) is 1. The van der Waals surface area contributed by atoms with Crippen LogP contribution in [0.2, 0.25) is 0 Å². The molecule has 0 unspecified atom stereocenters. The zero-order valence-electron chi connectivity index (χ0n) is 9.55. The lowest BCUT2D eigenvalue weighted by molar-refractivity contribution is -0.125. The molecule has 18 heavy (non-hydrogen) atoms. The van der Waals surface area contributed by atoms with Crippen molar-refractivity contribution in [1.29, 1.82) is 0 Å². The van der Waals surface area contributed by atoms with Crippen molar-refractivity contribution >= 4 is 51.5 Å². The number of amides is 2. The van der Waals surface area contributed by atoms with Crippen LogP contribution in [0, 0.1) is 0 Å². The summed E-state index contributed by atoms with van der Waals surface area (Å²) in [6, 6.07) is 3.85. The molecule has 7 heteroatoms. The zero-order chi connectivity index (χ0) is 13.0. The molecule has 1 aliphatic rings. The smallest absolute Gasteiger partial charge is 0.238 e. The van der Waals surface area contributed by atoms with Crippen molar-refractivity contribution in [3.8, 4) is 0 Å². The molecule has 4 nitrogen and oxygen atoms in total. The number of hydrogen-bond donors (Lipinski definition) is 1. The molecule has 1 aromatic heterocycles. The third-order valence-electron chi connectivity index (χ3n) is 2.41. The maximum atomic E-state index is 11.6. The van der Waals surface area contributed by atoms with Crippen LogP contribution in [0.15, 0.2) is 17.5 Å².